The fourth-order valence-corrected chi connectivity index (χ4v) is 2.89. The summed E-state index contributed by atoms with van der Waals surface area (Å²) in [6.07, 6.45) is 1.44. The molecular formula is C22H21ClN2O3. The normalized spacial score (nSPS) is 11.0. The highest BCUT2D eigenvalue weighted by atomic mass is 35.5. The number of rotatable bonds is 6. The molecule has 28 heavy (non-hydrogen) atoms. The number of hydrogen-bond donors (Lipinski definition) is 1. The van der Waals surface area contributed by atoms with Crippen LogP contribution < -0.4 is 10.2 Å². The van der Waals surface area contributed by atoms with E-state index < -0.39 is 0 Å². The molecule has 1 heterocycles. The van der Waals surface area contributed by atoms with Crippen molar-refractivity contribution in [3.63, 3.8) is 0 Å². The second kappa shape index (κ2) is 8.76. The molecule has 1 amide bonds. The van der Waals surface area contributed by atoms with Crippen LogP contribution in [0.15, 0.2) is 58.0 Å². The highest BCUT2D eigenvalue weighted by molar-refractivity contribution is 6.30. The van der Waals surface area contributed by atoms with E-state index in [2.05, 4.69) is 10.5 Å². The van der Waals surface area contributed by atoms with Gasteiger partial charge in [-0.05, 0) is 61.7 Å². The minimum atomic E-state index is -0.349. The Hall–Kier alpha value is -3.05. The topological polar surface area (TPSA) is 63.8 Å². The smallest absolute Gasteiger partial charge is 0.277 e. The molecule has 5 nitrogen and oxygen atoms in total. The molecule has 0 saturated carbocycles. The van der Waals surface area contributed by atoms with Crippen LogP contribution in [0.5, 0.6) is 5.75 Å². The van der Waals surface area contributed by atoms with Crippen molar-refractivity contribution in [1.29, 1.82) is 0 Å². The van der Waals surface area contributed by atoms with Gasteiger partial charge in [0.05, 0.1) is 6.21 Å². The molecule has 0 aliphatic heterocycles. The van der Waals surface area contributed by atoms with E-state index in [-0.39, 0.29) is 12.5 Å². The van der Waals surface area contributed by atoms with Gasteiger partial charge in [0.2, 0.25) is 0 Å². The second-order valence-corrected chi connectivity index (χ2v) is 6.88. The summed E-state index contributed by atoms with van der Waals surface area (Å²) in [6.45, 7) is 5.82. The average molecular weight is 397 g/mol. The Morgan fingerprint density at radius 3 is 2.71 bits per heavy atom. The number of carbonyl (C=O) groups is 1. The highest BCUT2D eigenvalue weighted by Gasteiger charge is 2.09. The van der Waals surface area contributed by atoms with Gasteiger partial charge in [-0.3, -0.25) is 4.79 Å². The van der Waals surface area contributed by atoms with Gasteiger partial charge in [-0.1, -0.05) is 35.9 Å². The van der Waals surface area contributed by atoms with Crippen LogP contribution in [-0.2, 0) is 4.79 Å². The number of nitrogens with one attached hydrogen (secondary N) is 1. The molecule has 0 saturated heterocycles. The summed E-state index contributed by atoms with van der Waals surface area (Å²) in [6, 6.07) is 15.0. The molecule has 0 atom stereocenters. The first-order chi connectivity index (χ1) is 13.4. The Balaban J connectivity index is 1.55. The lowest BCUT2D eigenvalue weighted by Gasteiger charge is -2.13. The van der Waals surface area contributed by atoms with Gasteiger partial charge in [0.25, 0.3) is 5.91 Å². The van der Waals surface area contributed by atoms with Crippen molar-refractivity contribution in [3.05, 3.63) is 76.0 Å². The molecule has 0 spiro atoms. The first-order valence-electron chi connectivity index (χ1n) is 8.81. The first kappa shape index (κ1) is 19.7. The molecule has 2 aromatic carbocycles. The van der Waals surface area contributed by atoms with E-state index in [0.717, 1.165) is 28.0 Å². The Morgan fingerprint density at radius 2 is 1.93 bits per heavy atom. The monoisotopic (exact) mass is 396 g/mol. The largest absolute Gasteiger partial charge is 0.483 e. The fourth-order valence-electron chi connectivity index (χ4n) is 2.70. The molecule has 3 aromatic rings. The van der Waals surface area contributed by atoms with E-state index in [9.17, 15) is 4.79 Å². The van der Waals surface area contributed by atoms with Gasteiger partial charge in [0.1, 0.15) is 17.3 Å². The number of ether oxygens (including phenoxy) is 1. The predicted molar refractivity (Wildman–Crippen MR) is 111 cm³/mol. The summed E-state index contributed by atoms with van der Waals surface area (Å²) in [5, 5.41) is 4.55. The molecule has 3 rings (SSSR count). The number of halogens is 1. The number of amides is 1. The number of furan rings is 1. The minimum Gasteiger partial charge on any atom is -0.483 e. The van der Waals surface area contributed by atoms with Crippen molar-refractivity contribution < 1.29 is 13.9 Å². The van der Waals surface area contributed by atoms with E-state index in [0.29, 0.717) is 16.5 Å². The summed E-state index contributed by atoms with van der Waals surface area (Å²) < 4.78 is 11.4. The van der Waals surface area contributed by atoms with Crippen molar-refractivity contribution in [3.8, 4) is 17.1 Å². The number of benzene rings is 2. The SMILES string of the molecule is Cc1ccc(C)c(OCC(=O)NN=Cc2ccc(-c3cccc(Cl)c3)o2)c1C. The number of hydrogen-bond acceptors (Lipinski definition) is 4. The van der Waals surface area contributed by atoms with Crippen LogP contribution in [-0.4, -0.2) is 18.7 Å². The van der Waals surface area contributed by atoms with E-state index in [1.807, 2.05) is 57.2 Å². The molecule has 0 unspecified atom stereocenters. The lowest BCUT2D eigenvalue weighted by molar-refractivity contribution is -0.123. The zero-order valence-electron chi connectivity index (χ0n) is 16.0. The number of nitrogens with zero attached hydrogens (tertiary/aromatic N) is 1. The summed E-state index contributed by atoms with van der Waals surface area (Å²) in [4.78, 5) is 12.0. The lowest BCUT2D eigenvalue weighted by atomic mass is 10.1. The number of hydrazone groups is 1. The zero-order chi connectivity index (χ0) is 20.1. The Morgan fingerprint density at radius 1 is 1.14 bits per heavy atom. The molecular weight excluding hydrogens is 376 g/mol. The summed E-state index contributed by atoms with van der Waals surface area (Å²) in [5.41, 5.74) is 6.44. The lowest BCUT2D eigenvalue weighted by Crippen LogP contribution is -2.25. The van der Waals surface area contributed by atoms with E-state index in [1.54, 1.807) is 12.1 Å². The third-order valence-corrected chi connectivity index (χ3v) is 4.57. The maximum atomic E-state index is 12.0. The van der Waals surface area contributed by atoms with Crippen LogP contribution >= 0.6 is 11.6 Å². The molecule has 1 aromatic heterocycles. The van der Waals surface area contributed by atoms with Crippen molar-refractivity contribution in [2.75, 3.05) is 6.61 Å². The predicted octanol–water partition coefficient (Wildman–Crippen LogP) is 5.05. The highest BCUT2D eigenvalue weighted by Crippen LogP contribution is 2.26. The zero-order valence-corrected chi connectivity index (χ0v) is 16.7. The average Bonchev–Trinajstić information content (AvgIpc) is 3.14. The Labute approximate surface area is 169 Å². The van der Waals surface area contributed by atoms with Gasteiger partial charge < -0.3 is 9.15 Å². The quantitative estimate of drug-likeness (QED) is 0.468. The van der Waals surface area contributed by atoms with Crippen LogP contribution in [0, 0.1) is 20.8 Å². The van der Waals surface area contributed by atoms with Crippen molar-refractivity contribution in [2.45, 2.75) is 20.8 Å². The van der Waals surface area contributed by atoms with Crippen molar-refractivity contribution in [1.82, 2.24) is 5.43 Å². The Kier molecular flexibility index (Phi) is 6.16. The van der Waals surface area contributed by atoms with Crippen LogP contribution in [0.25, 0.3) is 11.3 Å². The molecule has 0 radical (unpaired) electrons. The fraction of sp³-hybridized carbons (Fsp3) is 0.182. The first-order valence-corrected chi connectivity index (χ1v) is 9.19. The van der Waals surface area contributed by atoms with Crippen LogP contribution in [0.4, 0.5) is 0 Å². The molecule has 144 valence electrons. The minimum absolute atomic E-state index is 0.117. The third kappa shape index (κ3) is 4.81. The van der Waals surface area contributed by atoms with Gasteiger partial charge in [0.15, 0.2) is 6.61 Å². The Bertz CT molecular complexity index is 1020. The molecule has 0 aliphatic carbocycles. The summed E-state index contributed by atoms with van der Waals surface area (Å²) in [7, 11) is 0. The maximum Gasteiger partial charge on any atom is 0.277 e. The van der Waals surface area contributed by atoms with E-state index >= 15 is 0 Å². The second-order valence-electron chi connectivity index (χ2n) is 6.45. The van der Waals surface area contributed by atoms with Gasteiger partial charge >= 0.3 is 0 Å². The molecule has 0 bridgehead atoms. The van der Waals surface area contributed by atoms with E-state index in [4.69, 9.17) is 20.8 Å². The standard InChI is InChI=1S/C22H21ClN2O3/c1-14-7-8-15(2)22(16(14)3)27-13-21(26)25-24-12-19-9-10-20(28-19)17-5-4-6-18(23)11-17/h4-12H,13H2,1-3H3,(H,25,26). The van der Waals surface area contributed by atoms with E-state index in [1.165, 1.54) is 6.21 Å². The molecule has 0 fully saturated rings. The van der Waals surface area contributed by atoms with Gasteiger partial charge in [-0.2, -0.15) is 5.10 Å². The van der Waals surface area contributed by atoms with Crippen molar-refractivity contribution >= 4 is 23.7 Å². The molecule has 1 N–H and O–H groups in total. The molecule has 6 heteroatoms. The maximum absolute atomic E-state index is 12.0. The summed E-state index contributed by atoms with van der Waals surface area (Å²) >= 11 is 5.99. The van der Waals surface area contributed by atoms with Crippen LogP contribution in [0.3, 0.4) is 0 Å². The number of carbonyl (C=O) groups excluding carboxylic acids is 1. The van der Waals surface area contributed by atoms with Gasteiger partial charge in [0, 0.05) is 10.6 Å². The molecule has 0 aliphatic rings. The van der Waals surface area contributed by atoms with Crippen LogP contribution in [0.1, 0.15) is 22.5 Å². The third-order valence-electron chi connectivity index (χ3n) is 4.34. The van der Waals surface area contributed by atoms with Gasteiger partial charge in [-0.15, -0.1) is 0 Å². The number of aryl methyl sites for hydroxylation is 2. The van der Waals surface area contributed by atoms with Gasteiger partial charge in [-0.25, -0.2) is 5.43 Å². The van der Waals surface area contributed by atoms with Crippen LogP contribution in [0.2, 0.25) is 5.02 Å². The van der Waals surface area contributed by atoms with Crippen molar-refractivity contribution in [2.24, 2.45) is 5.10 Å². The summed E-state index contributed by atoms with van der Waals surface area (Å²) in [5.74, 6) is 1.57.